The second kappa shape index (κ2) is 6.75. The zero-order chi connectivity index (χ0) is 19.8. The van der Waals surface area contributed by atoms with Gasteiger partial charge in [-0.15, -0.1) is 0 Å². The van der Waals surface area contributed by atoms with E-state index in [4.69, 9.17) is 4.74 Å². The van der Waals surface area contributed by atoms with E-state index in [0.717, 1.165) is 5.56 Å². The Kier molecular flexibility index (Phi) is 4.61. The van der Waals surface area contributed by atoms with Crippen molar-refractivity contribution in [2.75, 3.05) is 22.6 Å². The van der Waals surface area contributed by atoms with E-state index in [2.05, 4.69) is 10.6 Å². The van der Waals surface area contributed by atoms with Crippen LogP contribution >= 0.6 is 0 Å². The van der Waals surface area contributed by atoms with Gasteiger partial charge >= 0.3 is 0 Å². The summed E-state index contributed by atoms with van der Waals surface area (Å²) in [4.78, 5) is 38.2. The van der Waals surface area contributed by atoms with Crippen LogP contribution in [0, 0.1) is 6.92 Å². The molecule has 1 unspecified atom stereocenters. The first-order chi connectivity index (χ1) is 12.7. The van der Waals surface area contributed by atoms with Gasteiger partial charge in [-0.1, -0.05) is 6.07 Å². The number of benzene rings is 2. The largest absolute Gasteiger partial charge is 0.465 e. The first kappa shape index (κ1) is 18.4. The summed E-state index contributed by atoms with van der Waals surface area (Å²) in [5, 5.41) is 5.35. The van der Waals surface area contributed by atoms with Crippen molar-refractivity contribution in [2.24, 2.45) is 0 Å². The Balaban J connectivity index is 1.82. The lowest BCUT2D eigenvalue weighted by Crippen LogP contribution is -2.59. The first-order valence-corrected chi connectivity index (χ1v) is 8.47. The molecule has 0 saturated heterocycles. The molecule has 0 fully saturated rings. The molecule has 27 heavy (non-hydrogen) atoms. The quantitative estimate of drug-likeness (QED) is 0.817. The van der Waals surface area contributed by atoms with E-state index in [1.807, 2.05) is 19.1 Å². The minimum atomic E-state index is -1.69. The van der Waals surface area contributed by atoms with Crippen molar-refractivity contribution in [3.8, 4) is 5.75 Å². The molecule has 0 saturated carbocycles. The molecule has 0 radical (unpaired) electrons. The molecule has 1 atom stereocenters. The highest BCUT2D eigenvalue weighted by molar-refractivity contribution is 6.19. The van der Waals surface area contributed by atoms with Crippen molar-refractivity contribution in [3.05, 3.63) is 48.0 Å². The predicted molar refractivity (Wildman–Crippen MR) is 103 cm³/mol. The van der Waals surface area contributed by atoms with Gasteiger partial charge in [0, 0.05) is 25.3 Å². The summed E-state index contributed by atoms with van der Waals surface area (Å²) in [5.74, 6) is -0.732. The van der Waals surface area contributed by atoms with Crippen LogP contribution in [0.2, 0.25) is 0 Å². The van der Waals surface area contributed by atoms with Crippen molar-refractivity contribution in [1.82, 2.24) is 0 Å². The van der Waals surface area contributed by atoms with Crippen molar-refractivity contribution in [3.63, 3.8) is 0 Å². The van der Waals surface area contributed by atoms with E-state index >= 15 is 0 Å². The molecule has 140 valence electrons. The summed E-state index contributed by atoms with van der Waals surface area (Å²) in [6.07, 6.45) is 0. The van der Waals surface area contributed by atoms with E-state index in [0.29, 0.717) is 22.8 Å². The first-order valence-electron chi connectivity index (χ1n) is 8.47. The monoisotopic (exact) mass is 367 g/mol. The highest BCUT2D eigenvalue weighted by Gasteiger charge is 2.49. The summed E-state index contributed by atoms with van der Waals surface area (Å²) in [6, 6.07) is 12.1. The number of aryl methyl sites for hydroxylation is 1. The molecule has 0 spiro atoms. The molecule has 3 rings (SSSR count). The highest BCUT2D eigenvalue weighted by atomic mass is 16.5. The van der Waals surface area contributed by atoms with Crippen molar-refractivity contribution < 1.29 is 19.1 Å². The average Bonchev–Trinajstić information content (AvgIpc) is 2.62. The Hall–Kier alpha value is -3.35. The molecule has 0 aromatic heterocycles. The fraction of sp³-hybridized carbons (Fsp3) is 0.250. The zero-order valence-electron chi connectivity index (χ0n) is 15.6. The number of ether oxygens (including phenoxy) is 1. The van der Waals surface area contributed by atoms with E-state index in [-0.39, 0.29) is 5.91 Å². The third-order valence-electron chi connectivity index (χ3n) is 4.40. The van der Waals surface area contributed by atoms with Crippen LogP contribution in [0.1, 0.15) is 19.4 Å². The van der Waals surface area contributed by atoms with Gasteiger partial charge in [-0.05, 0) is 55.8 Å². The maximum absolute atomic E-state index is 12.8. The zero-order valence-corrected chi connectivity index (χ0v) is 15.6. The molecule has 0 aliphatic carbocycles. The molecule has 3 amide bonds. The summed E-state index contributed by atoms with van der Waals surface area (Å²) in [7, 11) is 1.62. The fourth-order valence-electron chi connectivity index (χ4n) is 2.90. The number of hydrogen-bond donors (Lipinski definition) is 2. The Labute approximate surface area is 157 Å². The van der Waals surface area contributed by atoms with Gasteiger partial charge in [-0.3, -0.25) is 14.4 Å². The fourth-order valence-corrected chi connectivity index (χ4v) is 2.90. The Morgan fingerprint density at radius 1 is 1.04 bits per heavy atom. The lowest BCUT2D eigenvalue weighted by atomic mass is 9.99. The number of rotatable bonds is 3. The number of anilines is 3. The molecule has 1 aliphatic heterocycles. The Morgan fingerprint density at radius 3 is 2.22 bits per heavy atom. The maximum atomic E-state index is 12.8. The van der Waals surface area contributed by atoms with Crippen LogP contribution in [0.25, 0.3) is 0 Å². The second-order valence-electron chi connectivity index (χ2n) is 6.68. The van der Waals surface area contributed by atoms with Crippen LogP contribution < -0.4 is 20.3 Å². The van der Waals surface area contributed by atoms with Gasteiger partial charge in [0.05, 0.1) is 5.69 Å². The number of likely N-dealkylation sites (N-methyl/N-ethyl adjacent to an activating group) is 1. The minimum Gasteiger partial charge on any atom is -0.465 e. The van der Waals surface area contributed by atoms with Gasteiger partial charge in [0.25, 0.3) is 17.4 Å². The van der Waals surface area contributed by atoms with E-state index in [1.54, 1.807) is 37.4 Å². The highest BCUT2D eigenvalue weighted by Crippen LogP contribution is 2.38. The molecule has 7 nitrogen and oxygen atoms in total. The van der Waals surface area contributed by atoms with Crippen LogP contribution in [0.3, 0.4) is 0 Å². The van der Waals surface area contributed by atoms with E-state index in [9.17, 15) is 14.4 Å². The molecular formula is C20H21N3O4. The van der Waals surface area contributed by atoms with Crippen LogP contribution in [-0.2, 0) is 14.4 Å². The topological polar surface area (TPSA) is 87.7 Å². The van der Waals surface area contributed by atoms with Crippen molar-refractivity contribution in [1.29, 1.82) is 0 Å². The van der Waals surface area contributed by atoms with Gasteiger partial charge in [-0.25, -0.2) is 0 Å². The minimum absolute atomic E-state index is 0.183. The summed E-state index contributed by atoms with van der Waals surface area (Å²) >= 11 is 0. The number of amides is 3. The lowest BCUT2D eigenvalue weighted by Gasteiger charge is -2.38. The van der Waals surface area contributed by atoms with Gasteiger partial charge < -0.3 is 20.3 Å². The second-order valence-corrected chi connectivity index (χ2v) is 6.68. The number of nitrogens with one attached hydrogen (secondary N) is 2. The van der Waals surface area contributed by atoms with Crippen LogP contribution in [0.5, 0.6) is 5.75 Å². The third-order valence-corrected chi connectivity index (χ3v) is 4.40. The van der Waals surface area contributed by atoms with Crippen LogP contribution in [-0.4, -0.2) is 30.4 Å². The van der Waals surface area contributed by atoms with E-state index in [1.165, 1.54) is 18.7 Å². The standard InChI is InChI=1S/C20H21N3O4/c1-12-5-10-17-16(11-12)23(4)19(26)20(3,27-17)18(25)22-15-8-6-14(7-9-15)21-13(2)24/h5-11H,1-4H3,(H,21,24)(H,22,25). The molecular weight excluding hydrogens is 346 g/mol. The molecule has 7 heteroatoms. The maximum Gasteiger partial charge on any atom is 0.280 e. The number of fused-ring (bicyclic) bond motifs is 1. The molecule has 2 N–H and O–H groups in total. The number of nitrogens with zero attached hydrogens (tertiary/aromatic N) is 1. The Bertz CT molecular complexity index is 923. The summed E-state index contributed by atoms with van der Waals surface area (Å²) in [6.45, 7) is 4.79. The third kappa shape index (κ3) is 3.48. The Morgan fingerprint density at radius 2 is 1.63 bits per heavy atom. The van der Waals surface area contributed by atoms with Crippen LogP contribution in [0.15, 0.2) is 42.5 Å². The van der Waals surface area contributed by atoms with E-state index < -0.39 is 17.4 Å². The summed E-state index contributed by atoms with van der Waals surface area (Å²) in [5.41, 5.74) is 1.03. The van der Waals surface area contributed by atoms with Gasteiger partial charge in [0.2, 0.25) is 5.91 Å². The molecule has 2 aromatic rings. The molecule has 2 aromatic carbocycles. The van der Waals surface area contributed by atoms with Gasteiger partial charge in [-0.2, -0.15) is 0 Å². The van der Waals surface area contributed by atoms with Gasteiger partial charge in [0.1, 0.15) is 5.75 Å². The SMILES string of the molecule is CC(=O)Nc1ccc(NC(=O)C2(C)Oc3ccc(C)cc3N(C)C2=O)cc1. The normalized spacial score (nSPS) is 18.4. The average molecular weight is 367 g/mol. The molecule has 1 heterocycles. The molecule has 1 aliphatic rings. The molecule has 0 bridgehead atoms. The lowest BCUT2D eigenvalue weighted by molar-refractivity contribution is -0.145. The summed E-state index contributed by atoms with van der Waals surface area (Å²) < 4.78 is 5.81. The number of carbonyl (C=O) groups excluding carboxylic acids is 3. The van der Waals surface area contributed by atoms with Gasteiger partial charge in [0.15, 0.2) is 0 Å². The van der Waals surface area contributed by atoms with Crippen molar-refractivity contribution >= 4 is 34.8 Å². The number of carbonyl (C=O) groups is 3. The van der Waals surface area contributed by atoms with Crippen LogP contribution in [0.4, 0.5) is 17.1 Å². The van der Waals surface area contributed by atoms with Crippen molar-refractivity contribution in [2.45, 2.75) is 26.4 Å². The number of hydrogen-bond acceptors (Lipinski definition) is 4. The predicted octanol–water partition coefficient (Wildman–Crippen LogP) is 2.71. The smallest absolute Gasteiger partial charge is 0.280 e.